The minimum absolute atomic E-state index is 0.193. The average Bonchev–Trinajstić information content (AvgIpc) is 2.52. The van der Waals surface area contributed by atoms with Gasteiger partial charge in [0.25, 0.3) is 11.6 Å². The molecule has 0 radical (unpaired) electrons. The van der Waals surface area contributed by atoms with Gasteiger partial charge in [-0.05, 0) is 23.8 Å². The number of rotatable bonds is 5. The number of nitrogens with one attached hydrogen (secondary N) is 1. The van der Waals surface area contributed by atoms with Crippen molar-refractivity contribution >= 4 is 17.4 Å². The Bertz CT molecular complexity index is 749. The maximum atomic E-state index is 13.8. The molecule has 2 aromatic rings. The zero-order valence-electron chi connectivity index (χ0n) is 12.6. The molecule has 1 N–H and O–H groups in total. The molecule has 0 fully saturated rings. The van der Waals surface area contributed by atoms with E-state index in [4.69, 9.17) is 0 Å². The minimum atomic E-state index is -0.930. The molecule has 1 aromatic carbocycles. The van der Waals surface area contributed by atoms with Crippen molar-refractivity contribution in [2.75, 3.05) is 19.0 Å². The number of non-ortho nitro benzene ring substituents is 1. The first-order chi connectivity index (χ1) is 10.9. The summed E-state index contributed by atoms with van der Waals surface area (Å²) >= 11 is 0. The summed E-state index contributed by atoms with van der Waals surface area (Å²) in [7, 11) is 3.69. The fourth-order valence-electron chi connectivity index (χ4n) is 1.89. The van der Waals surface area contributed by atoms with E-state index in [2.05, 4.69) is 10.3 Å². The SMILES string of the molecule is CN(C)c1cc(CNC(=O)c2ccc([N+](=O)[O-])cc2F)ccn1. The van der Waals surface area contributed by atoms with Gasteiger partial charge in [0.05, 0.1) is 16.6 Å². The molecule has 8 heteroatoms. The van der Waals surface area contributed by atoms with Crippen molar-refractivity contribution in [2.45, 2.75) is 6.54 Å². The van der Waals surface area contributed by atoms with Crippen molar-refractivity contribution in [1.82, 2.24) is 10.3 Å². The predicted molar refractivity (Wildman–Crippen MR) is 82.8 cm³/mol. The molecule has 0 unspecified atom stereocenters. The van der Waals surface area contributed by atoms with Crippen molar-refractivity contribution in [2.24, 2.45) is 0 Å². The van der Waals surface area contributed by atoms with Crippen LogP contribution in [0.4, 0.5) is 15.9 Å². The summed E-state index contributed by atoms with van der Waals surface area (Å²) in [5.74, 6) is -0.834. The number of nitro groups is 1. The monoisotopic (exact) mass is 318 g/mol. The van der Waals surface area contributed by atoms with E-state index < -0.39 is 22.3 Å². The molecule has 0 aliphatic carbocycles. The zero-order chi connectivity index (χ0) is 17.0. The van der Waals surface area contributed by atoms with Crippen molar-refractivity contribution in [1.29, 1.82) is 0 Å². The summed E-state index contributed by atoms with van der Waals surface area (Å²) in [4.78, 5) is 27.8. The molecule has 0 aliphatic rings. The maximum absolute atomic E-state index is 13.8. The van der Waals surface area contributed by atoms with Crippen molar-refractivity contribution in [3.05, 3.63) is 63.6 Å². The zero-order valence-corrected chi connectivity index (χ0v) is 12.6. The van der Waals surface area contributed by atoms with Gasteiger partial charge in [0.1, 0.15) is 11.6 Å². The van der Waals surface area contributed by atoms with Crippen LogP contribution >= 0.6 is 0 Å². The molecule has 0 saturated carbocycles. The molecule has 7 nitrogen and oxygen atoms in total. The summed E-state index contributed by atoms with van der Waals surface area (Å²) in [6.45, 7) is 0.193. The Balaban J connectivity index is 2.08. The number of nitro benzene ring substituents is 1. The summed E-state index contributed by atoms with van der Waals surface area (Å²) < 4.78 is 13.8. The molecule has 23 heavy (non-hydrogen) atoms. The normalized spacial score (nSPS) is 10.2. The highest BCUT2D eigenvalue weighted by Gasteiger charge is 2.16. The second-order valence-electron chi connectivity index (χ2n) is 5.02. The molecule has 0 aliphatic heterocycles. The van der Waals surface area contributed by atoms with Gasteiger partial charge < -0.3 is 10.2 Å². The first-order valence-electron chi connectivity index (χ1n) is 6.73. The molecule has 1 amide bonds. The summed E-state index contributed by atoms with van der Waals surface area (Å²) in [5.41, 5.74) is 0.167. The quantitative estimate of drug-likeness (QED) is 0.674. The Morgan fingerprint density at radius 1 is 1.35 bits per heavy atom. The number of anilines is 1. The number of pyridine rings is 1. The largest absolute Gasteiger partial charge is 0.363 e. The van der Waals surface area contributed by atoms with E-state index in [0.717, 1.165) is 29.6 Å². The third-order valence-corrected chi connectivity index (χ3v) is 3.13. The number of nitrogens with zero attached hydrogens (tertiary/aromatic N) is 3. The van der Waals surface area contributed by atoms with Crippen molar-refractivity contribution < 1.29 is 14.1 Å². The summed E-state index contributed by atoms with van der Waals surface area (Å²) in [5, 5.41) is 13.1. The fraction of sp³-hybridized carbons (Fsp3) is 0.200. The van der Waals surface area contributed by atoms with Crippen LogP contribution in [0.15, 0.2) is 36.5 Å². The molecule has 120 valence electrons. The molecule has 2 rings (SSSR count). The molecule has 1 aromatic heterocycles. The molecule has 0 atom stereocenters. The smallest absolute Gasteiger partial charge is 0.272 e. The highest BCUT2D eigenvalue weighted by molar-refractivity contribution is 5.94. The van der Waals surface area contributed by atoms with Crippen LogP contribution in [0.25, 0.3) is 0 Å². The number of aromatic nitrogens is 1. The average molecular weight is 318 g/mol. The second-order valence-corrected chi connectivity index (χ2v) is 5.02. The standard InChI is InChI=1S/C15H15FN4O3/c1-19(2)14-7-10(5-6-17-14)9-18-15(21)12-4-3-11(20(22)23)8-13(12)16/h3-8H,9H2,1-2H3,(H,18,21). The lowest BCUT2D eigenvalue weighted by Gasteiger charge is -2.12. The van der Waals surface area contributed by atoms with Gasteiger partial charge in [-0.15, -0.1) is 0 Å². The van der Waals surface area contributed by atoms with Crippen LogP contribution in [0.5, 0.6) is 0 Å². The highest BCUT2D eigenvalue weighted by atomic mass is 19.1. The third-order valence-electron chi connectivity index (χ3n) is 3.13. The molecule has 1 heterocycles. The second kappa shape index (κ2) is 6.82. The first-order valence-corrected chi connectivity index (χ1v) is 6.73. The third kappa shape index (κ3) is 4.00. The molecular weight excluding hydrogens is 303 g/mol. The Morgan fingerprint density at radius 2 is 2.09 bits per heavy atom. The van der Waals surface area contributed by atoms with E-state index in [1.807, 2.05) is 19.0 Å². The molecular formula is C15H15FN4O3. The first kappa shape index (κ1) is 16.3. The number of benzene rings is 1. The number of hydrogen-bond donors (Lipinski definition) is 1. The van der Waals surface area contributed by atoms with Crippen LogP contribution in [0.3, 0.4) is 0 Å². The lowest BCUT2D eigenvalue weighted by atomic mass is 10.1. The lowest BCUT2D eigenvalue weighted by molar-refractivity contribution is -0.385. The Morgan fingerprint density at radius 3 is 2.70 bits per heavy atom. The van der Waals surface area contributed by atoms with Crippen molar-refractivity contribution in [3.8, 4) is 0 Å². The topological polar surface area (TPSA) is 88.4 Å². The maximum Gasteiger partial charge on any atom is 0.272 e. The summed E-state index contributed by atoms with van der Waals surface area (Å²) in [6.07, 6.45) is 1.61. The van der Waals surface area contributed by atoms with Gasteiger partial charge in [-0.3, -0.25) is 14.9 Å². The Labute approximate surface area is 131 Å². The summed E-state index contributed by atoms with van der Waals surface area (Å²) in [6, 6.07) is 6.45. The number of amides is 1. The number of carbonyl (C=O) groups excluding carboxylic acids is 1. The van der Waals surface area contributed by atoms with Gasteiger partial charge in [0.2, 0.25) is 0 Å². The van der Waals surface area contributed by atoms with E-state index in [1.54, 1.807) is 18.3 Å². The number of hydrogen-bond acceptors (Lipinski definition) is 5. The van der Waals surface area contributed by atoms with Gasteiger partial charge in [-0.25, -0.2) is 9.37 Å². The van der Waals surface area contributed by atoms with E-state index in [-0.39, 0.29) is 12.1 Å². The van der Waals surface area contributed by atoms with E-state index >= 15 is 0 Å². The predicted octanol–water partition coefficient (Wildman–Crippen LogP) is 2.12. The van der Waals surface area contributed by atoms with Gasteiger partial charge in [0.15, 0.2) is 0 Å². The van der Waals surface area contributed by atoms with Gasteiger partial charge in [-0.1, -0.05) is 0 Å². The fourth-order valence-corrected chi connectivity index (χ4v) is 1.89. The Hall–Kier alpha value is -3.03. The van der Waals surface area contributed by atoms with E-state index in [0.29, 0.717) is 0 Å². The van der Waals surface area contributed by atoms with Crippen LogP contribution in [-0.4, -0.2) is 29.9 Å². The minimum Gasteiger partial charge on any atom is -0.363 e. The van der Waals surface area contributed by atoms with Crippen molar-refractivity contribution in [3.63, 3.8) is 0 Å². The lowest BCUT2D eigenvalue weighted by Crippen LogP contribution is -2.24. The van der Waals surface area contributed by atoms with Crippen LogP contribution in [0.2, 0.25) is 0 Å². The molecule has 0 bridgehead atoms. The molecule has 0 spiro atoms. The van der Waals surface area contributed by atoms with Gasteiger partial charge >= 0.3 is 0 Å². The van der Waals surface area contributed by atoms with Gasteiger partial charge in [0, 0.05) is 32.9 Å². The number of carbonyl (C=O) groups is 1. The van der Waals surface area contributed by atoms with E-state index in [1.165, 1.54) is 0 Å². The van der Waals surface area contributed by atoms with Crippen LogP contribution in [0.1, 0.15) is 15.9 Å². The van der Waals surface area contributed by atoms with Gasteiger partial charge in [-0.2, -0.15) is 0 Å². The Kier molecular flexibility index (Phi) is 4.85. The van der Waals surface area contributed by atoms with Crippen LogP contribution in [-0.2, 0) is 6.54 Å². The van der Waals surface area contributed by atoms with Crippen LogP contribution in [0, 0.1) is 15.9 Å². The number of halogens is 1. The highest BCUT2D eigenvalue weighted by Crippen LogP contribution is 2.16. The van der Waals surface area contributed by atoms with E-state index in [9.17, 15) is 19.3 Å². The van der Waals surface area contributed by atoms with Crippen LogP contribution < -0.4 is 10.2 Å². The molecule has 0 saturated heterocycles.